The second-order valence-electron chi connectivity index (χ2n) is 10.2. The van der Waals surface area contributed by atoms with Gasteiger partial charge >= 0.3 is 0 Å². The Balaban J connectivity index is 2.11. The van der Waals surface area contributed by atoms with E-state index in [4.69, 9.17) is 4.74 Å². The molecule has 0 saturated carbocycles. The van der Waals surface area contributed by atoms with E-state index in [1.54, 1.807) is 24.3 Å². The third kappa shape index (κ3) is 7.88. The average molecular weight is 580 g/mol. The van der Waals surface area contributed by atoms with Crippen LogP contribution >= 0.6 is 0 Å². The predicted octanol–water partition coefficient (Wildman–Crippen LogP) is 5.23. The largest absolute Gasteiger partial charge is 0.495 e. The van der Waals surface area contributed by atoms with Crippen LogP contribution in [0.25, 0.3) is 0 Å². The lowest BCUT2D eigenvalue weighted by Crippen LogP contribution is -2.53. The third-order valence-corrected chi connectivity index (χ3v) is 8.85. The van der Waals surface area contributed by atoms with E-state index in [1.807, 2.05) is 71.0 Å². The topological polar surface area (TPSA) is 96.0 Å². The van der Waals surface area contributed by atoms with Crippen molar-refractivity contribution in [1.82, 2.24) is 10.2 Å². The van der Waals surface area contributed by atoms with Gasteiger partial charge in [-0.3, -0.25) is 13.9 Å². The first-order valence-electron chi connectivity index (χ1n) is 13.9. The standard InChI is InChI=1S/C32H41N3O5S/c1-7-25(5)33-32(37)28(8-2)34(21-26-12-10-9-11-13-26)31(36)22-35(29-20-24(4)16-19-30(29)40-6)41(38,39)27-17-14-23(3)15-18-27/h9-20,25,28H,7-8,21-22H2,1-6H3,(H,33,37)/t25-,28-/m1/s1. The van der Waals surface area contributed by atoms with Crippen LogP contribution in [0.1, 0.15) is 50.3 Å². The third-order valence-electron chi connectivity index (χ3n) is 7.07. The van der Waals surface area contributed by atoms with Crippen LogP contribution in [0, 0.1) is 13.8 Å². The zero-order valence-corrected chi connectivity index (χ0v) is 25.6. The molecule has 0 aliphatic carbocycles. The van der Waals surface area contributed by atoms with Crippen LogP contribution in [-0.4, -0.2) is 50.9 Å². The molecule has 3 rings (SSSR count). The van der Waals surface area contributed by atoms with Crippen molar-refractivity contribution in [1.29, 1.82) is 0 Å². The van der Waals surface area contributed by atoms with Crippen molar-refractivity contribution >= 4 is 27.5 Å². The minimum Gasteiger partial charge on any atom is -0.495 e. The fourth-order valence-electron chi connectivity index (χ4n) is 4.49. The second kappa shape index (κ2) is 14.2. The highest BCUT2D eigenvalue weighted by atomic mass is 32.2. The van der Waals surface area contributed by atoms with Crippen LogP contribution < -0.4 is 14.4 Å². The summed E-state index contributed by atoms with van der Waals surface area (Å²) in [4.78, 5) is 29.1. The van der Waals surface area contributed by atoms with Crippen molar-refractivity contribution in [3.63, 3.8) is 0 Å². The molecule has 0 fully saturated rings. The van der Waals surface area contributed by atoms with Crippen molar-refractivity contribution in [2.24, 2.45) is 0 Å². The zero-order valence-electron chi connectivity index (χ0n) is 24.8. The quantitative estimate of drug-likeness (QED) is 0.299. The molecule has 2 amide bonds. The summed E-state index contributed by atoms with van der Waals surface area (Å²) in [5.41, 5.74) is 2.79. The molecule has 220 valence electrons. The Hall–Kier alpha value is -3.85. The fraction of sp³-hybridized carbons (Fsp3) is 0.375. The Labute approximate surface area is 244 Å². The summed E-state index contributed by atoms with van der Waals surface area (Å²) in [5, 5.41) is 2.99. The van der Waals surface area contributed by atoms with Gasteiger partial charge in [-0.2, -0.15) is 0 Å². The number of nitrogens with one attached hydrogen (secondary N) is 1. The first-order valence-corrected chi connectivity index (χ1v) is 15.3. The Morgan fingerprint density at radius 2 is 1.54 bits per heavy atom. The van der Waals surface area contributed by atoms with Crippen molar-refractivity contribution in [3.8, 4) is 5.75 Å². The number of methoxy groups -OCH3 is 1. The maximum Gasteiger partial charge on any atom is 0.264 e. The van der Waals surface area contributed by atoms with E-state index in [0.29, 0.717) is 12.2 Å². The minimum atomic E-state index is -4.19. The van der Waals surface area contributed by atoms with Gasteiger partial charge in [0.1, 0.15) is 18.3 Å². The molecule has 3 aromatic rings. The van der Waals surface area contributed by atoms with Crippen molar-refractivity contribution in [2.75, 3.05) is 18.0 Å². The molecule has 0 bridgehead atoms. The molecular formula is C32H41N3O5S. The number of ether oxygens (including phenoxy) is 1. The maximum atomic E-state index is 14.2. The van der Waals surface area contributed by atoms with Crippen LogP contribution in [0.4, 0.5) is 5.69 Å². The van der Waals surface area contributed by atoms with E-state index < -0.39 is 28.5 Å². The van der Waals surface area contributed by atoms with Crippen LogP contribution in [0.3, 0.4) is 0 Å². The highest BCUT2D eigenvalue weighted by molar-refractivity contribution is 7.92. The van der Waals surface area contributed by atoms with E-state index in [2.05, 4.69) is 5.32 Å². The number of amides is 2. The number of aryl methyl sites for hydroxylation is 2. The number of benzene rings is 3. The molecule has 0 unspecified atom stereocenters. The molecule has 1 N–H and O–H groups in total. The van der Waals surface area contributed by atoms with Gasteiger partial charge in [-0.1, -0.05) is 67.9 Å². The number of hydrogen-bond donors (Lipinski definition) is 1. The molecule has 2 atom stereocenters. The summed E-state index contributed by atoms with van der Waals surface area (Å²) in [6.07, 6.45) is 1.10. The van der Waals surface area contributed by atoms with Crippen molar-refractivity contribution in [2.45, 2.75) is 71.0 Å². The van der Waals surface area contributed by atoms with E-state index in [0.717, 1.165) is 27.4 Å². The molecule has 0 radical (unpaired) electrons. The number of rotatable bonds is 13. The molecule has 0 spiro atoms. The lowest BCUT2D eigenvalue weighted by Gasteiger charge is -2.34. The van der Waals surface area contributed by atoms with Gasteiger partial charge in [0.25, 0.3) is 10.0 Å². The van der Waals surface area contributed by atoms with Gasteiger partial charge < -0.3 is 15.0 Å². The Kier molecular flexibility index (Phi) is 10.9. The molecule has 3 aromatic carbocycles. The number of carbonyl (C=O) groups excluding carboxylic acids is 2. The molecule has 0 aliphatic rings. The first-order chi connectivity index (χ1) is 19.5. The van der Waals surface area contributed by atoms with Crippen LogP contribution in [0.5, 0.6) is 5.75 Å². The summed E-state index contributed by atoms with van der Waals surface area (Å²) in [6, 6.07) is 20.2. The van der Waals surface area contributed by atoms with Gasteiger partial charge in [0.2, 0.25) is 11.8 Å². The normalized spacial score (nSPS) is 12.7. The van der Waals surface area contributed by atoms with E-state index >= 15 is 0 Å². The molecule has 0 heterocycles. The monoisotopic (exact) mass is 579 g/mol. The van der Waals surface area contributed by atoms with Crippen molar-refractivity contribution in [3.05, 3.63) is 89.5 Å². The molecular weight excluding hydrogens is 538 g/mol. The van der Waals surface area contributed by atoms with Crippen molar-refractivity contribution < 1.29 is 22.7 Å². The smallest absolute Gasteiger partial charge is 0.264 e. The summed E-state index contributed by atoms with van der Waals surface area (Å²) >= 11 is 0. The molecule has 0 aliphatic heterocycles. The SMILES string of the molecule is CC[C@@H](C)NC(=O)[C@@H](CC)N(Cc1ccccc1)C(=O)CN(c1cc(C)ccc1OC)S(=O)(=O)c1ccc(C)cc1. The lowest BCUT2D eigenvalue weighted by atomic mass is 10.1. The van der Waals surface area contributed by atoms with Gasteiger partial charge in [0.05, 0.1) is 17.7 Å². The van der Waals surface area contributed by atoms with E-state index in [1.165, 1.54) is 24.1 Å². The highest BCUT2D eigenvalue weighted by Gasteiger charge is 2.35. The van der Waals surface area contributed by atoms with Gasteiger partial charge in [-0.05, 0) is 69.0 Å². The summed E-state index contributed by atoms with van der Waals surface area (Å²) < 4.78 is 34.9. The molecule has 0 aromatic heterocycles. The summed E-state index contributed by atoms with van der Waals surface area (Å²) in [5.74, 6) is -0.457. The lowest BCUT2D eigenvalue weighted by molar-refractivity contribution is -0.140. The van der Waals surface area contributed by atoms with Crippen LogP contribution in [-0.2, 0) is 26.2 Å². The number of hydrogen-bond acceptors (Lipinski definition) is 5. The van der Waals surface area contributed by atoms with E-state index in [-0.39, 0.29) is 29.1 Å². The summed E-state index contributed by atoms with van der Waals surface area (Å²) in [7, 11) is -2.73. The Morgan fingerprint density at radius 3 is 2.12 bits per heavy atom. The number of anilines is 1. The highest BCUT2D eigenvalue weighted by Crippen LogP contribution is 2.34. The molecule has 9 heteroatoms. The zero-order chi connectivity index (χ0) is 30.2. The minimum absolute atomic E-state index is 0.0515. The summed E-state index contributed by atoms with van der Waals surface area (Å²) in [6.45, 7) is 9.07. The van der Waals surface area contributed by atoms with Gasteiger partial charge in [-0.25, -0.2) is 8.42 Å². The number of nitrogens with zero attached hydrogens (tertiary/aromatic N) is 2. The number of carbonyl (C=O) groups is 2. The van der Waals surface area contributed by atoms with Gasteiger partial charge in [0.15, 0.2) is 0 Å². The Bertz CT molecular complexity index is 1430. The van der Waals surface area contributed by atoms with E-state index in [9.17, 15) is 18.0 Å². The fourth-order valence-corrected chi connectivity index (χ4v) is 5.90. The molecule has 41 heavy (non-hydrogen) atoms. The average Bonchev–Trinajstić information content (AvgIpc) is 2.96. The maximum absolute atomic E-state index is 14.2. The van der Waals surface area contributed by atoms with Crippen LogP contribution in [0.15, 0.2) is 77.7 Å². The predicted molar refractivity (Wildman–Crippen MR) is 162 cm³/mol. The van der Waals surface area contributed by atoms with Gasteiger partial charge in [-0.15, -0.1) is 0 Å². The second-order valence-corrected chi connectivity index (χ2v) is 12.1. The molecule has 8 nitrogen and oxygen atoms in total. The van der Waals surface area contributed by atoms with Gasteiger partial charge in [0, 0.05) is 12.6 Å². The number of sulfonamides is 1. The molecule has 0 saturated heterocycles. The van der Waals surface area contributed by atoms with Crippen LogP contribution in [0.2, 0.25) is 0 Å². The Morgan fingerprint density at radius 1 is 0.902 bits per heavy atom. The first kappa shape index (κ1) is 31.7.